The van der Waals surface area contributed by atoms with Gasteiger partial charge in [-0.05, 0) is 56.3 Å². The van der Waals surface area contributed by atoms with Gasteiger partial charge in [0.1, 0.15) is 12.4 Å². The van der Waals surface area contributed by atoms with E-state index in [0.29, 0.717) is 12.5 Å². The molecule has 1 rings (SSSR count). The molecule has 0 aliphatic rings. The fraction of sp³-hybridized carbons (Fsp3) is 0.667. The minimum atomic E-state index is 0.493. The first-order valence-electron chi connectivity index (χ1n) is 8.17. The molecule has 0 aliphatic carbocycles. The van der Waals surface area contributed by atoms with Crippen molar-refractivity contribution in [2.45, 2.75) is 46.5 Å². The third-order valence-corrected chi connectivity index (χ3v) is 3.42. The van der Waals surface area contributed by atoms with Crippen molar-refractivity contribution in [3.63, 3.8) is 0 Å². The quantitative estimate of drug-likeness (QED) is 0.628. The molecule has 3 nitrogen and oxygen atoms in total. The first-order valence-corrected chi connectivity index (χ1v) is 8.17. The van der Waals surface area contributed by atoms with Crippen molar-refractivity contribution < 1.29 is 9.47 Å². The Morgan fingerprint density at radius 3 is 2.62 bits per heavy atom. The second kappa shape index (κ2) is 10.6. The largest absolute Gasteiger partial charge is 0.492 e. The van der Waals surface area contributed by atoms with E-state index in [1.54, 1.807) is 0 Å². The van der Waals surface area contributed by atoms with E-state index in [-0.39, 0.29) is 0 Å². The van der Waals surface area contributed by atoms with Crippen molar-refractivity contribution in [3.8, 4) is 5.75 Å². The van der Waals surface area contributed by atoms with Crippen LogP contribution in [0, 0.1) is 6.92 Å². The van der Waals surface area contributed by atoms with Crippen LogP contribution in [0.25, 0.3) is 0 Å². The van der Waals surface area contributed by atoms with Crippen LogP contribution in [0.4, 0.5) is 0 Å². The predicted molar refractivity (Wildman–Crippen MR) is 89.4 cm³/mol. The van der Waals surface area contributed by atoms with Crippen LogP contribution in [0.3, 0.4) is 0 Å². The molecular formula is C18H31NO2. The van der Waals surface area contributed by atoms with E-state index in [9.17, 15) is 0 Å². The van der Waals surface area contributed by atoms with Crippen LogP contribution in [0.1, 0.15) is 50.7 Å². The lowest BCUT2D eigenvalue weighted by molar-refractivity contribution is 0.143. The summed E-state index contributed by atoms with van der Waals surface area (Å²) in [5, 5.41) is 3.42. The molecule has 0 atom stereocenters. The predicted octanol–water partition coefficient (Wildman–Crippen LogP) is 3.90. The second-order valence-electron chi connectivity index (χ2n) is 5.70. The number of benzene rings is 1. The number of hydrogen-bond donors (Lipinski definition) is 1. The molecule has 3 heteroatoms. The van der Waals surface area contributed by atoms with Crippen LogP contribution in [-0.4, -0.2) is 32.9 Å². The molecule has 0 aromatic heterocycles. The molecule has 0 unspecified atom stereocenters. The van der Waals surface area contributed by atoms with Crippen LogP contribution < -0.4 is 10.1 Å². The molecule has 0 spiro atoms. The standard InChI is InChI=1S/C18H31NO2/c1-5-20-12-7-6-10-19-11-13-21-18-14-16(4)8-9-17(18)15(2)3/h8-9,14-15,19H,5-7,10-13H2,1-4H3. The molecule has 1 aromatic rings. The van der Waals surface area contributed by atoms with Crippen LogP contribution in [0.5, 0.6) is 5.75 Å². The number of ether oxygens (including phenoxy) is 2. The van der Waals surface area contributed by atoms with Gasteiger partial charge in [-0.25, -0.2) is 0 Å². The Hall–Kier alpha value is -1.06. The highest BCUT2D eigenvalue weighted by atomic mass is 16.5. The van der Waals surface area contributed by atoms with Gasteiger partial charge in [0.2, 0.25) is 0 Å². The van der Waals surface area contributed by atoms with Gasteiger partial charge in [-0.15, -0.1) is 0 Å². The number of aryl methyl sites for hydroxylation is 1. The van der Waals surface area contributed by atoms with E-state index < -0.39 is 0 Å². The number of hydrogen-bond acceptors (Lipinski definition) is 3. The lowest BCUT2D eigenvalue weighted by Gasteiger charge is -2.15. The lowest BCUT2D eigenvalue weighted by atomic mass is 10.0. The van der Waals surface area contributed by atoms with Crippen LogP contribution >= 0.6 is 0 Å². The molecule has 0 fully saturated rings. The lowest BCUT2D eigenvalue weighted by Crippen LogP contribution is -2.22. The zero-order valence-electron chi connectivity index (χ0n) is 14.1. The molecule has 0 heterocycles. The second-order valence-corrected chi connectivity index (χ2v) is 5.70. The van der Waals surface area contributed by atoms with Crippen LogP contribution in [0.15, 0.2) is 18.2 Å². The molecule has 1 aromatic carbocycles. The van der Waals surface area contributed by atoms with Gasteiger partial charge in [-0.1, -0.05) is 26.0 Å². The highest BCUT2D eigenvalue weighted by molar-refractivity contribution is 5.39. The normalized spacial score (nSPS) is 11.1. The van der Waals surface area contributed by atoms with Crippen molar-refractivity contribution in [1.82, 2.24) is 5.32 Å². The summed E-state index contributed by atoms with van der Waals surface area (Å²) in [5.41, 5.74) is 2.54. The van der Waals surface area contributed by atoms with Crippen LogP contribution in [0.2, 0.25) is 0 Å². The fourth-order valence-electron chi connectivity index (χ4n) is 2.20. The number of unbranched alkanes of at least 4 members (excludes halogenated alkanes) is 1. The molecule has 1 N–H and O–H groups in total. The zero-order valence-corrected chi connectivity index (χ0v) is 14.1. The third kappa shape index (κ3) is 7.49. The Balaban J connectivity index is 2.19. The average molecular weight is 293 g/mol. The smallest absolute Gasteiger partial charge is 0.123 e. The van der Waals surface area contributed by atoms with Gasteiger partial charge in [0, 0.05) is 19.8 Å². The van der Waals surface area contributed by atoms with Crippen LogP contribution in [-0.2, 0) is 4.74 Å². The molecule has 0 saturated carbocycles. The average Bonchev–Trinajstić information content (AvgIpc) is 2.45. The number of nitrogens with one attached hydrogen (secondary N) is 1. The molecular weight excluding hydrogens is 262 g/mol. The fourth-order valence-corrected chi connectivity index (χ4v) is 2.20. The van der Waals surface area contributed by atoms with E-state index >= 15 is 0 Å². The SMILES string of the molecule is CCOCCCCNCCOc1cc(C)ccc1C(C)C. The van der Waals surface area contributed by atoms with Crippen molar-refractivity contribution in [2.24, 2.45) is 0 Å². The Bertz CT molecular complexity index is 391. The highest BCUT2D eigenvalue weighted by Gasteiger charge is 2.07. The third-order valence-electron chi connectivity index (χ3n) is 3.42. The van der Waals surface area contributed by atoms with E-state index in [4.69, 9.17) is 9.47 Å². The Morgan fingerprint density at radius 2 is 1.90 bits per heavy atom. The first kappa shape index (κ1) is 18.0. The van der Waals surface area contributed by atoms with Gasteiger partial charge in [0.05, 0.1) is 0 Å². The molecule has 0 bridgehead atoms. The Morgan fingerprint density at radius 1 is 1.10 bits per heavy atom. The van der Waals surface area contributed by atoms with E-state index in [1.807, 2.05) is 6.92 Å². The maximum Gasteiger partial charge on any atom is 0.123 e. The summed E-state index contributed by atoms with van der Waals surface area (Å²) in [6.07, 6.45) is 2.28. The summed E-state index contributed by atoms with van der Waals surface area (Å²) in [7, 11) is 0. The van der Waals surface area contributed by atoms with E-state index in [2.05, 4.69) is 44.3 Å². The van der Waals surface area contributed by atoms with E-state index in [0.717, 1.165) is 44.9 Å². The first-order chi connectivity index (χ1) is 10.1. The van der Waals surface area contributed by atoms with Crippen molar-refractivity contribution in [2.75, 3.05) is 32.9 Å². The Kier molecular flexibility index (Phi) is 9.11. The molecule has 120 valence electrons. The summed E-state index contributed by atoms with van der Waals surface area (Å²) in [6, 6.07) is 6.47. The van der Waals surface area contributed by atoms with E-state index in [1.165, 1.54) is 11.1 Å². The van der Waals surface area contributed by atoms with Gasteiger partial charge in [0.25, 0.3) is 0 Å². The monoisotopic (exact) mass is 293 g/mol. The van der Waals surface area contributed by atoms with Crippen molar-refractivity contribution in [3.05, 3.63) is 29.3 Å². The summed E-state index contributed by atoms with van der Waals surface area (Å²) in [6.45, 7) is 12.9. The maximum absolute atomic E-state index is 5.94. The molecule has 0 radical (unpaired) electrons. The molecule has 21 heavy (non-hydrogen) atoms. The zero-order chi connectivity index (χ0) is 15.5. The maximum atomic E-state index is 5.94. The van der Waals surface area contributed by atoms with Crippen molar-refractivity contribution >= 4 is 0 Å². The van der Waals surface area contributed by atoms with Gasteiger partial charge in [-0.2, -0.15) is 0 Å². The minimum absolute atomic E-state index is 0.493. The van der Waals surface area contributed by atoms with Gasteiger partial charge in [0.15, 0.2) is 0 Å². The summed E-state index contributed by atoms with van der Waals surface area (Å²) >= 11 is 0. The Labute approximate surface area is 130 Å². The van der Waals surface area contributed by atoms with Gasteiger partial charge in [-0.3, -0.25) is 0 Å². The minimum Gasteiger partial charge on any atom is -0.492 e. The van der Waals surface area contributed by atoms with Gasteiger partial charge >= 0.3 is 0 Å². The molecule has 0 amide bonds. The molecule has 0 saturated heterocycles. The summed E-state index contributed by atoms with van der Waals surface area (Å²) < 4.78 is 11.3. The summed E-state index contributed by atoms with van der Waals surface area (Å²) in [4.78, 5) is 0. The topological polar surface area (TPSA) is 30.5 Å². The van der Waals surface area contributed by atoms with Crippen molar-refractivity contribution in [1.29, 1.82) is 0 Å². The molecule has 0 aliphatic heterocycles. The highest BCUT2D eigenvalue weighted by Crippen LogP contribution is 2.27. The summed E-state index contributed by atoms with van der Waals surface area (Å²) in [5.74, 6) is 1.52. The number of rotatable bonds is 11. The van der Waals surface area contributed by atoms with Gasteiger partial charge < -0.3 is 14.8 Å².